The van der Waals surface area contributed by atoms with Crippen molar-refractivity contribution in [1.29, 1.82) is 0 Å². The molecule has 0 amide bonds. The topological polar surface area (TPSA) is 70.2 Å². The van der Waals surface area contributed by atoms with Gasteiger partial charge >= 0.3 is 5.97 Å². The van der Waals surface area contributed by atoms with E-state index in [-0.39, 0.29) is 5.56 Å². The minimum atomic E-state index is -1.15. The third kappa shape index (κ3) is 1.74. The average molecular weight is 273 g/mol. The Labute approximate surface area is 117 Å². The summed E-state index contributed by atoms with van der Waals surface area (Å²) in [5.41, 5.74) is 0.357. The van der Waals surface area contributed by atoms with E-state index in [4.69, 9.17) is 5.11 Å². The normalized spacial score (nSPS) is 38.1. The zero-order valence-electron chi connectivity index (χ0n) is 11.3. The van der Waals surface area contributed by atoms with Gasteiger partial charge in [0.1, 0.15) is 5.56 Å². The van der Waals surface area contributed by atoms with E-state index < -0.39 is 11.5 Å². The summed E-state index contributed by atoms with van der Waals surface area (Å²) in [6.07, 6.45) is 6.58. The van der Waals surface area contributed by atoms with Crippen molar-refractivity contribution in [3.05, 3.63) is 33.7 Å². The summed E-state index contributed by atoms with van der Waals surface area (Å²) in [5, 5.41) is 8.95. The number of carbonyl (C=O) groups is 1. The highest BCUT2D eigenvalue weighted by atomic mass is 16.4. The highest BCUT2D eigenvalue weighted by molar-refractivity contribution is 5.87. The molecule has 5 rings (SSSR count). The Morgan fingerprint density at radius 2 is 1.65 bits per heavy atom. The maximum absolute atomic E-state index is 11.9. The van der Waals surface area contributed by atoms with Gasteiger partial charge in [-0.2, -0.15) is 0 Å². The minimum absolute atomic E-state index is 0.155. The number of aromatic amines is 1. The molecule has 4 aliphatic carbocycles. The first-order valence-corrected chi connectivity index (χ1v) is 7.58. The number of carboxylic acids is 1. The molecule has 0 atom stereocenters. The number of H-pyrrole nitrogens is 1. The Morgan fingerprint density at radius 1 is 1.05 bits per heavy atom. The molecule has 4 saturated carbocycles. The summed E-state index contributed by atoms with van der Waals surface area (Å²) < 4.78 is 0. The van der Waals surface area contributed by atoms with Gasteiger partial charge < -0.3 is 10.1 Å². The van der Waals surface area contributed by atoms with Crippen LogP contribution in [0.4, 0.5) is 0 Å². The Morgan fingerprint density at radius 3 is 2.15 bits per heavy atom. The highest BCUT2D eigenvalue weighted by Gasteiger charge is 2.48. The molecule has 4 bridgehead atoms. The van der Waals surface area contributed by atoms with Gasteiger partial charge in [0.25, 0.3) is 5.56 Å². The molecule has 0 radical (unpaired) electrons. The lowest BCUT2D eigenvalue weighted by Crippen LogP contribution is -2.44. The van der Waals surface area contributed by atoms with Crippen LogP contribution in [-0.2, 0) is 0 Å². The molecule has 4 fully saturated rings. The summed E-state index contributed by atoms with van der Waals surface area (Å²) in [4.78, 5) is 25.7. The molecule has 0 spiro atoms. The fraction of sp³-hybridized carbons (Fsp3) is 0.625. The first-order chi connectivity index (χ1) is 9.61. The lowest BCUT2D eigenvalue weighted by atomic mass is 9.51. The fourth-order valence-corrected chi connectivity index (χ4v) is 5.28. The van der Waals surface area contributed by atoms with Crippen LogP contribution in [0.5, 0.6) is 0 Å². The molecular weight excluding hydrogens is 254 g/mol. The number of hydrogen-bond donors (Lipinski definition) is 2. The van der Waals surface area contributed by atoms with Crippen LogP contribution >= 0.6 is 0 Å². The third-order valence-corrected chi connectivity index (χ3v) is 5.75. The number of hydrogen-bond acceptors (Lipinski definition) is 2. The van der Waals surface area contributed by atoms with E-state index in [1.165, 1.54) is 38.2 Å². The van der Waals surface area contributed by atoms with E-state index in [0.29, 0.717) is 17.8 Å². The van der Waals surface area contributed by atoms with Crippen LogP contribution in [0.15, 0.2) is 16.9 Å². The van der Waals surface area contributed by atoms with Gasteiger partial charge in [-0.1, -0.05) is 0 Å². The standard InChI is InChI=1S/C16H19NO3/c18-15-12(16(19)20)1-2-13(17-15)14-10-4-8-3-9(6-10)7-11(14)5-8/h1-2,8-11,14H,3-7H2,(H,17,18)(H,19,20). The van der Waals surface area contributed by atoms with Crippen LogP contribution in [0.3, 0.4) is 0 Å². The van der Waals surface area contributed by atoms with Gasteiger partial charge in [0, 0.05) is 11.6 Å². The Bertz CT molecular complexity index is 590. The Balaban J connectivity index is 1.69. The van der Waals surface area contributed by atoms with E-state index in [2.05, 4.69) is 4.98 Å². The molecule has 0 saturated heterocycles. The van der Waals surface area contributed by atoms with Crippen LogP contribution < -0.4 is 5.56 Å². The van der Waals surface area contributed by atoms with Gasteiger partial charge in [-0.3, -0.25) is 4.79 Å². The van der Waals surface area contributed by atoms with Gasteiger partial charge in [0.15, 0.2) is 0 Å². The number of nitrogens with one attached hydrogen (secondary N) is 1. The zero-order chi connectivity index (χ0) is 13.9. The van der Waals surface area contributed by atoms with Crippen LogP contribution in [0.2, 0.25) is 0 Å². The quantitative estimate of drug-likeness (QED) is 0.870. The molecule has 1 heterocycles. The second-order valence-corrected chi connectivity index (χ2v) is 6.92. The summed E-state index contributed by atoms with van der Waals surface area (Å²) in [7, 11) is 0. The molecule has 0 aromatic carbocycles. The molecule has 106 valence electrons. The van der Waals surface area contributed by atoms with Crippen molar-refractivity contribution in [2.45, 2.75) is 38.0 Å². The van der Waals surface area contributed by atoms with E-state index in [9.17, 15) is 9.59 Å². The second-order valence-electron chi connectivity index (χ2n) is 6.92. The van der Waals surface area contributed by atoms with E-state index in [1.54, 1.807) is 0 Å². The second kappa shape index (κ2) is 4.21. The number of rotatable bonds is 2. The van der Waals surface area contributed by atoms with E-state index in [1.807, 2.05) is 6.07 Å². The van der Waals surface area contributed by atoms with Crippen molar-refractivity contribution < 1.29 is 9.90 Å². The van der Waals surface area contributed by atoms with Gasteiger partial charge in [-0.05, 0) is 67.9 Å². The zero-order valence-corrected chi connectivity index (χ0v) is 11.3. The molecule has 1 aromatic heterocycles. The van der Waals surface area contributed by atoms with Crippen LogP contribution in [0.1, 0.15) is 54.1 Å². The first-order valence-electron chi connectivity index (χ1n) is 7.58. The molecule has 0 unspecified atom stereocenters. The molecule has 1 aromatic rings. The third-order valence-electron chi connectivity index (χ3n) is 5.75. The summed E-state index contributed by atoms with van der Waals surface area (Å²) in [5.74, 6) is 2.48. The van der Waals surface area contributed by atoms with Gasteiger partial charge in [0.05, 0.1) is 0 Å². The summed E-state index contributed by atoms with van der Waals surface area (Å²) in [6.45, 7) is 0. The minimum Gasteiger partial charge on any atom is -0.477 e. The first kappa shape index (κ1) is 12.2. The number of carboxylic acid groups (broad SMARTS) is 1. The maximum atomic E-state index is 11.9. The van der Waals surface area contributed by atoms with E-state index in [0.717, 1.165) is 17.5 Å². The molecule has 20 heavy (non-hydrogen) atoms. The molecule has 4 aliphatic rings. The molecule has 2 N–H and O–H groups in total. The summed E-state index contributed by atoms with van der Waals surface area (Å²) >= 11 is 0. The monoisotopic (exact) mass is 273 g/mol. The predicted octanol–water partition coefficient (Wildman–Crippen LogP) is 2.61. The van der Waals surface area contributed by atoms with E-state index >= 15 is 0 Å². The van der Waals surface area contributed by atoms with Crippen molar-refractivity contribution in [2.24, 2.45) is 23.7 Å². The van der Waals surface area contributed by atoms with Gasteiger partial charge in [-0.15, -0.1) is 0 Å². The largest absolute Gasteiger partial charge is 0.477 e. The smallest absolute Gasteiger partial charge is 0.341 e. The van der Waals surface area contributed by atoms with Crippen molar-refractivity contribution in [2.75, 3.05) is 0 Å². The van der Waals surface area contributed by atoms with Gasteiger partial charge in [-0.25, -0.2) is 4.79 Å². The SMILES string of the molecule is O=C(O)c1ccc(C2C3CC4CC(C3)CC2C4)[nH]c1=O. The summed E-state index contributed by atoms with van der Waals surface area (Å²) in [6, 6.07) is 3.30. The number of aromatic carboxylic acids is 1. The average Bonchev–Trinajstić information content (AvgIpc) is 2.37. The van der Waals surface area contributed by atoms with Crippen LogP contribution in [0.25, 0.3) is 0 Å². The number of aromatic nitrogens is 1. The molecule has 0 aliphatic heterocycles. The Hall–Kier alpha value is -1.58. The Kier molecular flexibility index (Phi) is 2.56. The van der Waals surface area contributed by atoms with Crippen molar-refractivity contribution >= 4 is 5.97 Å². The molecule has 4 heteroatoms. The lowest BCUT2D eigenvalue weighted by Gasteiger charge is -2.54. The number of pyridine rings is 1. The lowest BCUT2D eigenvalue weighted by molar-refractivity contribution is -0.00422. The predicted molar refractivity (Wildman–Crippen MR) is 73.8 cm³/mol. The van der Waals surface area contributed by atoms with Crippen molar-refractivity contribution in [3.8, 4) is 0 Å². The van der Waals surface area contributed by atoms with Gasteiger partial charge in [0.2, 0.25) is 0 Å². The van der Waals surface area contributed by atoms with Crippen LogP contribution in [-0.4, -0.2) is 16.1 Å². The molecular formula is C16H19NO3. The maximum Gasteiger partial charge on any atom is 0.341 e. The molecule has 4 nitrogen and oxygen atoms in total. The van der Waals surface area contributed by atoms with Crippen molar-refractivity contribution in [3.63, 3.8) is 0 Å². The van der Waals surface area contributed by atoms with Crippen molar-refractivity contribution in [1.82, 2.24) is 4.98 Å². The highest BCUT2D eigenvalue weighted by Crippen LogP contribution is 2.59. The fourth-order valence-electron chi connectivity index (χ4n) is 5.28. The van der Waals surface area contributed by atoms with Crippen LogP contribution in [0, 0.1) is 23.7 Å².